The largest absolute Gasteiger partial charge is 0.392 e. The first kappa shape index (κ1) is 9.62. The number of nitrogens with zero attached hydrogens (tertiary/aromatic N) is 2. The van der Waals surface area contributed by atoms with Gasteiger partial charge in [-0.05, 0) is 31.0 Å². The number of likely N-dealkylation sites (tertiary alicyclic amines) is 1. The summed E-state index contributed by atoms with van der Waals surface area (Å²) in [5, 5.41) is 9.50. The number of hydrogen-bond donors (Lipinski definition) is 1. The Balaban J connectivity index is 1.91. The van der Waals surface area contributed by atoms with Crippen molar-refractivity contribution in [3.63, 3.8) is 0 Å². The Morgan fingerprint density at radius 2 is 2.50 bits per heavy atom. The van der Waals surface area contributed by atoms with Gasteiger partial charge in [-0.2, -0.15) is 0 Å². The van der Waals surface area contributed by atoms with Crippen molar-refractivity contribution < 1.29 is 5.11 Å². The predicted octanol–water partition coefficient (Wildman–Crippen LogP) is 1.04. The molecule has 1 aromatic heterocycles. The standard InChI is InChI=1S/C11H16N2O/c14-11-4-2-6-13(9-11)8-10-3-1-5-12-7-10/h1,3,5,7,11,14H,2,4,6,8-9H2/t11-/m0/s1. The lowest BCUT2D eigenvalue weighted by atomic mass is 10.1. The van der Waals surface area contributed by atoms with Crippen LogP contribution in [0.25, 0.3) is 0 Å². The Bertz CT molecular complexity index is 276. The van der Waals surface area contributed by atoms with Crippen LogP contribution < -0.4 is 0 Å². The van der Waals surface area contributed by atoms with Crippen LogP contribution in [-0.4, -0.2) is 34.2 Å². The summed E-state index contributed by atoms with van der Waals surface area (Å²) in [4.78, 5) is 6.36. The zero-order valence-electron chi connectivity index (χ0n) is 8.26. The van der Waals surface area contributed by atoms with Gasteiger partial charge >= 0.3 is 0 Å². The molecule has 0 bridgehead atoms. The van der Waals surface area contributed by atoms with Gasteiger partial charge in [0.25, 0.3) is 0 Å². The lowest BCUT2D eigenvalue weighted by molar-refractivity contribution is 0.0668. The van der Waals surface area contributed by atoms with Crippen LogP contribution in [0, 0.1) is 0 Å². The van der Waals surface area contributed by atoms with Crippen LogP contribution in [0.15, 0.2) is 24.5 Å². The van der Waals surface area contributed by atoms with Crippen molar-refractivity contribution in [2.24, 2.45) is 0 Å². The first-order valence-electron chi connectivity index (χ1n) is 5.14. The zero-order valence-corrected chi connectivity index (χ0v) is 8.26. The second-order valence-corrected chi connectivity index (χ2v) is 3.89. The van der Waals surface area contributed by atoms with E-state index in [1.807, 2.05) is 12.3 Å². The minimum absolute atomic E-state index is 0.138. The van der Waals surface area contributed by atoms with E-state index in [0.29, 0.717) is 0 Å². The second kappa shape index (κ2) is 4.53. The highest BCUT2D eigenvalue weighted by Gasteiger charge is 2.17. The van der Waals surface area contributed by atoms with E-state index in [1.54, 1.807) is 6.20 Å². The van der Waals surface area contributed by atoms with Gasteiger partial charge in [-0.25, -0.2) is 0 Å². The highest BCUT2D eigenvalue weighted by Crippen LogP contribution is 2.12. The molecule has 1 saturated heterocycles. The quantitative estimate of drug-likeness (QED) is 0.760. The van der Waals surface area contributed by atoms with Crippen LogP contribution in [0.3, 0.4) is 0 Å². The number of piperidine rings is 1. The highest BCUT2D eigenvalue weighted by atomic mass is 16.3. The molecule has 1 aliphatic heterocycles. The molecule has 1 atom stereocenters. The third-order valence-corrected chi connectivity index (χ3v) is 2.61. The van der Waals surface area contributed by atoms with E-state index in [2.05, 4.69) is 16.0 Å². The van der Waals surface area contributed by atoms with Gasteiger partial charge in [0.1, 0.15) is 0 Å². The minimum Gasteiger partial charge on any atom is -0.392 e. The van der Waals surface area contributed by atoms with E-state index in [0.717, 1.165) is 32.5 Å². The number of hydrogen-bond acceptors (Lipinski definition) is 3. The number of aliphatic hydroxyl groups excluding tert-OH is 1. The van der Waals surface area contributed by atoms with Gasteiger partial charge in [0.15, 0.2) is 0 Å². The van der Waals surface area contributed by atoms with Crippen LogP contribution in [0.2, 0.25) is 0 Å². The number of pyridine rings is 1. The molecule has 3 heteroatoms. The van der Waals surface area contributed by atoms with Gasteiger partial charge in [-0.15, -0.1) is 0 Å². The number of aromatic nitrogens is 1. The van der Waals surface area contributed by atoms with Crippen LogP contribution >= 0.6 is 0 Å². The molecular formula is C11H16N2O. The van der Waals surface area contributed by atoms with Crippen molar-refractivity contribution in [3.05, 3.63) is 30.1 Å². The average Bonchev–Trinajstić information content (AvgIpc) is 2.19. The fourth-order valence-corrected chi connectivity index (χ4v) is 1.92. The van der Waals surface area contributed by atoms with Gasteiger partial charge < -0.3 is 5.11 Å². The fraction of sp³-hybridized carbons (Fsp3) is 0.545. The van der Waals surface area contributed by atoms with Crippen LogP contribution in [0.4, 0.5) is 0 Å². The second-order valence-electron chi connectivity index (χ2n) is 3.89. The van der Waals surface area contributed by atoms with Crippen molar-refractivity contribution in [1.82, 2.24) is 9.88 Å². The van der Waals surface area contributed by atoms with E-state index in [-0.39, 0.29) is 6.10 Å². The minimum atomic E-state index is -0.138. The Hall–Kier alpha value is -0.930. The maximum absolute atomic E-state index is 9.50. The SMILES string of the molecule is O[C@H]1CCCN(Cc2cccnc2)C1. The van der Waals surface area contributed by atoms with Gasteiger partial charge in [0.2, 0.25) is 0 Å². The number of aliphatic hydroxyl groups is 1. The molecule has 2 rings (SSSR count). The third-order valence-electron chi connectivity index (χ3n) is 2.61. The molecule has 3 nitrogen and oxygen atoms in total. The Morgan fingerprint density at radius 3 is 3.21 bits per heavy atom. The van der Waals surface area contributed by atoms with Crippen molar-refractivity contribution in [3.8, 4) is 0 Å². The molecule has 0 radical (unpaired) electrons. The van der Waals surface area contributed by atoms with Crippen molar-refractivity contribution in [2.75, 3.05) is 13.1 Å². The molecule has 76 valence electrons. The van der Waals surface area contributed by atoms with Crippen molar-refractivity contribution in [1.29, 1.82) is 0 Å². The first-order chi connectivity index (χ1) is 6.84. The van der Waals surface area contributed by atoms with Gasteiger partial charge in [0, 0.05) is 25.5 Å². The maximum Gasteiger partial charge on any atom is 0.0667 e. The lowest BCUT2D eigenvalue weighted by Crippen LogP contribution is -2.37. The third kappa shape index (κ3) is 2.53. The summed E-state index contributed by atoms with van der Waals surface area (Å²) in [6.45, 7) is 2.80. The summed E-state index contributed by atoms with van der Waals surface area (Å²) in [5.41, 5.74) is 1.22. The predicted molar refractivity (Wildman–Crippen MR) is 54.8 cm³/mol. The number of rotatable bonds is 2. The van der Waals surface area contributed by atoms with Gasteiger partial charge in [-0.1, -0.05) is 6.07 Å². The van der Waals surface area contributed by atoms with E-state index in [4.69, 9.17) is 0 Å². The molecule has 1 fully saturated rings. The lowest BCUT2D eigenvalue weighted by Gasteiger charge is -2.29. The normalized spacial score (nSPS) is 23.6. The molecule has 0 amide bonds. The Labute approximate surface area is 84.4 Å². The molecule has 0 unspecified atom stereocenters. The molecule has 14 heavy (non-hydrogen) atoms. The van der Waals surface area contributed by atoms with E-state index >= 15 is 0 Å². The van der Waals surface area contributed by atoms with E-state index < -0.39 is 0 Å². The molecule has 1 N–H and O–H groups in total. The average molecular weight is 192 g/mol. The molecule has 2 heterocycles. The molecule has 0 saturated carbocycles. The summed E-state index contributed by atoms with van der Waals surface area (Å²) in [5.74, 6) is 0. The Morgan fingerprint density at radius 1 is 1.57 bits per heavy atom. The summed E-state index contributed by atoms with van der Waals surface area (Å²) < 4.78 is 0. The summed E-state index contributed by atoms with van der Waals surface area (Å²) >= 11 is 0. The molecule has 1 aliphatic rings. The molecule has 1 aromatic rings. The van der Waals surface area contributed by atoms with Crippen molar-refractivity contribution >= 4 is 0 Å². The smallest absolute Gasteiger partial charge is 0.0667 e. The van der Waals surface area contributed by atoms with E-state index in [1.165, 1.54) is 5.56 Å². The summed E-state index contributed by atoms with van der Waals surface area (Å²) in [7, 11) is 0. The van der Waals surface area contributed by atoms with Gasteiger partial charge in [-0.3, -0.25) is 9.88 Å². The van der Waals surface area contributed by atoms with Crippen LogP contribution in [-0.2, 0) is 6.54 Å². The fourth-order valence-electron chi connectivity index (χ4n) is 1.92. The molecule has 0 aliphatic carbocycles. The molecule has 0 aromatic carbocycles. The van der Waals surface area contributed by atoms with E-state index in [9.17, 15) is 5.11 Å². The summed E-state index contributed by atoms with van der Waals surface area (Å²) in [6, 6.07) is 4.03. The summed E-state index contributed by atoms with van der Waals surface area (Å²) in [6.07, 6.45) is 5.58. The highest BCUT2D eigenvalue weighted by molar-refractivity contribution is 5.08. The van der Waals surface area contributed by atoms with Crippen molar-refractivity contribution in [2.45, 2.75) is 25.5 Å². The molecule has 0 spiro atoms. The van der Waals surface area contributed by atoms with Crippen LogP contribution in [0.5, 0.6) is 0 Å². The molecular weight excluding hydrogens is 176 g/mol. The monoisotopic (exact) mass is 192 g/mol. The number of β-amino-alcohol motifs (C(OH)–C–C–N with tert-alkyl or cyclic N) is 1. The topological polar surface area (TPSA) is 36.4 Å². The zero-order chi connectivity index (χ0) is 9.80. The maximum atomic E-state index is 9.50. The Kier molecular flexibility index (Phi) is 3.11. The van der Waals surface area contributed by atoms with Gasteiger partial charge in [0.05, 0.1) is 6.10 Å². The van der Waals surface area contributed by atoms with Crippen LogP contribution in [0.1, 0.15) is 18.4 Å². The first-order valence-corrected chi connectivity index (χ1v) is 5.14.